The Morgan fingerprint density at radius 3 is 2.61 bits per heavy atom. The SMILES string of the molecule is CCC(C)C1NCN(CC2(N(C)C)CCC2)C1=O. The van der Waals surface area contributed by atoms with Crippen LogP contribution >= 0.6 is 0 Å². The lowest BCUT2D eigenvalue weighted by Crippen LogP contribution is -2.57. The summed E-state index contributed by atoms with van der Waals surface area (Å²) >= 11 is 0. The van der Waals surface area contributed by atoms with Crippen molar-refractivity contribution in [1.82, 2.24) is 15.1 Å². The third-order valence-corrected chi connectivity index (χ3v) is 5.01. The predicted molar refractivity (Wildman–Crippen MR) is 73.2 cm³/mol. The molecule has 2 rings (SSSR count). The van der Waals surface area contributed by atoms with Gasteiger partial charge in [0.05, 0.1) is 12.7 Å². The fourth-order valence-corrected chi connectivity index (χ4v) is 3.07. The molecule has 2 unspecified atom stereocenters. The molecule has 1 aliphatic heterocycles. The van der Waals surface area contributed by atoms with Gasteiger partial charge >= 0.3 is 0 Å². The fourth-order valence-electron chi connectivity index (χ4n) is 3.07. The van der Waals surface area contributed by atoms with E-state index in [0.717, 1.165) is 19.6 Å². The zero-order valence-corrected chi connectivity index (χ0v) is 12.2. The molecule has 0 aromatic rings. The Balaban J connectivity index is 1.97. The first-order valence-electron chi connectivity index (χ1n) is 7.20. The maximum absolute atomic E-state index is 12.4. The highest BCUT2D eigenvalue weighted by atomic mass is 16.2. The van der Waals surface area contributed by atoms with Crippen molar-refractivity contribution in [3.63, 3.8) is 0 Å². The maximum Gasteiger partial charge on any atom is 0.241 e. The molecule has 1 heterocycles. The number of nitrogens with zero attached hydrogens (tertiary/aromatic N) is 2. The standard InChI is InChI=1S/C14H27N3O/c1-5-11(2)12-13(18)17(10-15-12)9-14(16(3)4)7-6-8-14/h11-12,15H,5-10H2,1-4H3. The maximum atomic E-state index is 12.4. The molecule has 1 aliphatic carbocycles. The molecule has 0 radical (unpaired) electrons. The minimum Gasteiger partial charge on any atom is -0.327 e. The van der Waals surface area contributed by atoms with E-state index in [1.165, 1.54) is 19.3 Å². The van der Waals surface area contributed by atoms with Crippen LogP contribution in [0.2, 0.25) is 0 Å². The summed E-state index contributed by atoms with van der Waals surface area (Å²) in [5.74, 6) is 0.733. The van der Waals surface area contributed by atoms with Gasteiger partial charge in [0.25, 0.3) is 0 Å². The van der Waals surface area contributed by atoms with Crippen LogP contribution in [0.25, 0.3) is 0 Å². The Labute approximate surface area is 111 Å². The number of rotatable bonds is 5. The molecule has 4 heteroatoms. The third-order valence-electron chi connectivity index (χ3n) is 5.01. The van der Waals surface area contributed by atoms with Crippen LogP contribution in [0.5, 0.6) is 0 Å². The van der Waals surface area contributed by atoms with E-state index >= 15 is 0 Å². The second-order valence-corrected chi connectivity index (χ2v) is 6.23. The zero-order valence-electron chi connectivity index (χ0n) is 12.2. The zero-order chi connectivity index (χ0) is 13.3. The molecule has 2 aliphatic rings. The second-order valence-electron chi connectivity index (χ2n) is 6.23. The lowest BCUT2D eigenvalue weighted by Gasteiger charge is -2.49. The highest BCUT2D eigenvalue weighted by Gasteiger charge is 2.44. The number of nitrogens with one attached hydrogen (secondary N) is 1. The molecule has 18 heavy (non-hydrogen) atoms. The molecule has 2 atom stereocenters. The summed E-state index contributed by atoms with van der Waals surface area (Å²) in [6, 6.07) is 0.0364. The Morgan fingerprint density at radius 2 is 2.17 bits per heavy atom. The molecule has 0 aromatic heterocycles. The molecule has 4 nitrogen and oxygen atoms in total. The number of amides is 1. The average Bonchev–Trinajstić information content (AvgIpc) is 2.63. The number of carbonyl (C=O) groups is 1. The van der Waals surface area contributed by atoms with Crippen molar-refractivity contribution in [1.29, 1.82) is 0 Å². The monoisotopic (exact) mass is 253 g/mol. The van der Waals surface area contributed by atoms with Crippen LogP contribution in [0.4, 0.5) is 0 Å². The predicted octanol–water partition coefficient (Wildman–Crippen LogP) is 1.27. The summed E-state index contributed by atoms with van der Waals surface area (Å²) in [7, 11) is 4.28. The van der Waals surface area contributed by atoms with E-state index in [2.05, 4.69) is 38.2 Å². The molecular formula is C14H27N3O. The van der Waals surface area contributed by atoms with Crippen LogP contribution in [0.15, 0.2) is 0 Å². The highest BCUT2D eigenvalue weighted by Crippen LogP contribution is 2.37. The molecule has 1 N–H and O–H groups in total. The number of likely N-dealkylation sites (N-methyl/N-ethyl adjacent to an activating group) is 1. The van der Waals surface area contributed by atoms with Crippen molar-refractivity contribution in [2.75, 3.05) is 27.3 Å². The van der Waals surface area contributed by atoms with Gasteiger partial charge in [0.2, 0.25) is 5.91 Å². The summed E-state index contributed by atoms with van der Waals surface area (Å²) in [6.07, 6.45) is 4.79. The van der Waals surface area contributed by atoms with E-state index in [0.29, 0.717) is 11.8 Å². The van der Waals surface area contributed by atoms with Gasteiger partial charge in [-0.25, -0.2) is 0 Å². The number of hydrogen-bond donors (Lipinski definition) is 1. The van der Waals surface area contributed by atoms with Crippen molar-refractivity contribution in [3.05, 3.63) is 0 Å². The normalized spacial score (nSPS) is 28.6. The Hall–Kier alpha value is -0.610. The molecule has 2 fully saturated rings. The van der Waals surface area contributed by atoms with E-state index in [9.17, 15) is 4.79 Å². The summed E-state index contributed by atoms with van der Waals surface area (Å²) in [5, 5.41) is 3.37. The smallest absolute Gasteiger partial charge is 0.241 e. The molecule has 1 amide bonds. The van der Waals surface area contributed by atoms with E-state index in [1.807, 2.05) is 4.90 Å². The molecule has 1 saturated carbocycles. The second kappa shape index (κ2) is 5.17. The Bertz CT molecular complexity index is 312. The molecule has 0 spiro atoms. The van der Waals surface area contributed by atoms with Crippen molar-refractivity contribution in [2.24, 2.45) is 5.92 Å². The van der Waals surface area contributed by atoms with Crippen molar-refractivity contribution >= 4 is 5.91 Å². The molecular weight excluding hydrogens is 226 g/mol. The van der Waals surface area contributed by atoms with Gasteiger partial charge in [-0.2, -0.15) is 0 Å². The lowest BCUT2D eigenvalue weighted by molar-refractivity contribution is -0.132. The Kier molecular flexibility index (Phi) is 3.97. The van der Waals surface area contributed by atoms with Crippen molar-refractivity contribution in [3.8, 4) is 0 Å². The van der Waals surface area contributed by atoms with E-state index < -0.39 is 0 Å². The van der Waals surface area contributed by atoms with Gasteiger partial charge in [-0.3, -0.25) is 10.1 Å². The summed E-state index contributed by atoms with van der Waals surface area (Å²) < 4.78 is 0. The van der Waals surface area contributed by atoms with Crippen LogP contribution < -0.4 is 5.32 Å². The van der Waals surface area contributed by atoms with E-state index in [-0.39, 0.29) is 11.6 Å². The van der Waals surface area contributed by atoms with Crippen LogP contribution in [0.1, 0.15) is 39.5 Å². The number of carbonyl (C=O) groups excluding carboxylic acids is 1. The minimum atomic E-state index is 0.0364. The third kappa shape index (κ3) is 2.28. The van der Waals surface area contributed by atoms with Crippen LogP contribution in [-0.2, 0) is 4.79 Å². The first kappa shape index (κ1) is 13.8. The van der Waals surface area contributed by atoms with Crippen LogP contribution in [0.3, 0.4) is 0 Å². The van der Waals surface area contributed by atoms with Gasteiger partial charge in [0.15, 0.2) is 0 Å². The summed E-state index contributed by atoms with van der Waals surface area (Å²) in [5.41, 5.74) is 0.238. The van der Waals surface area contributed by atoms with Gasteiger partial charge in [-0.15, -0.1) is 0 Å². The van der Waals surface area contributed by atoms with Crippen molar-refractivity contribution < 1.29 is 4.79 Å². The minimum absolute atomic E-state index is 0.0364. The van der Waals surface area contributed by atoms with E-state index in [1.54, 1.807) is 0 Å². The molecule has 0 aromatic carbocycles. The largest absolute Gasteiger partial charge is 0.327 e. The average molecular weight is 253 g/mol. The number of hydrogen-bond acceptors (Lipinski definition) is 3. The van der Waals surface area contributed by atoms with Crippen LogP contribution in [-0.4, -0.2) is 54.6 Å². The first-order chi connectivity index (χ1) is 8.50. The molecule has 0 bridgehead atoms. The molecule has 104 valence electrons. The first-order valence-corrected chi connectivity index (χ1v) is 7.20. The topological polar surface area (TPSA) is 35.6 Å². The van der Waals surface area contributed by atoms with Gasteiger partial charge in [0.1, 0.15) is 0 Å². The quantitative estimate of drug-likeness (QED) is 0.801. The van der Waals surface area contributed by atoms with Crippen molar-refractivity contribution in [2.45, 2.75) is 51.1 Å². The van der Waals surface area contributed by atoms with Gasteiger partial charge in [-0.1, -0.05) is 20.3 Å². The highest BCUT2D eigenvalue weighted by molar-refractivity contribution is 5.84. The lowest BCUT2D eigenvalue weighted by atomic mass is 9.75. The van der Waals surface area contributed by atoms with Gasteiger partial charge < -0.3 is 9.80 Å². The summed E-state index contributed by atoms with van der Waals surface area (Å²) in [4.78, 5) is 16.7. The van der Waals surface area contributed by atoms with Gasteiger partial charge in [-0.05, 0) is 39.3 Å². The molecule has 1 saturated heterocycles. The van der Waals surface area contributed by atoms with Crippen LogP contribution in [0, 0.1) is 5.92 Å². The fraction of sp³-hybridized carbons (Fsp3) is 0.929. The Morgan fingerprint density at radius 1 is 1.50 bits per heavy atom. The summed E-state index contributed by atoms with van der Waals surface area (Å²) in [6.45, 7) is 5.92. The van der Waals surface area contributed by atoms with Gasteiger partial charge in [0, 0.05) is 12.1 Å². The van der Waals surface area contributed by atoms with E-state index in [4.69, 9.17) is 0 Å².